The second kappa shape index (κ2) is 10.7. The van der Waals surface area contributed by atoms with Crippen LogP contribution in [0.4, 0.5) is 5.69 Å². The van der Waals surface area contributed by atoms with Crippen LogP contribution in [0.25, 0.3) is 0 Å². The number of amides is 1. The molecular weight excluding hydrogens is 340 g/mol. The van der Waals surface area contributed by atoms with Crippen molar-refractivity contribution in [3.8, 4) is 5.75 Å². The van der Waals surface area contributed by atoms with E-state index in [1.807, 2.05) is 45.0 Å². The Labute approximate surface area is 164 Å². The Bertz CT molecular complexity index is 567. The fourth-order valence-electron chi connectivity index (χ4n) is 3.13. The zero-order valence-corrected chi connectivity index (χ0v) is 17.4. The van der Waals surface area contributed by atoms with Gasteiger partial charge in [-0.2, -0.15) is 0 Å². The molecule has 1 aromatic rings. The normalized spacial score (nSPS) is 18.1. The summed E-state index contributed by atoms with van der Waals surface area (Å²) in [6, 6.07) is 7.57. The minimum Gasteiger partial charge on any atom is -0.492 e. The second-order valence-electron chi connectivity index (χ2n) is 7.78. The Morgan fingerprint density at radius 2 is 1.85 bits per heavy atom. The van der Waals surface area contributed by atoms with E-state index in [0.29, 0.717) is 19.6 Å². The average molecular weight is 377 g/mol. The number of ether oxygens (including phenoxy) is 2. The largest absolute Gasteiger partial charge is 0.492 e. The van der Waals surface area contributed by atoms with Crippen LogP contribution in [-0.2, 0) is 9.53 Å². The van der Waals surface area contributed by atoms with E-state index in [4.69, 9.17) is 9.47 Å². The predicted molar refractivity (Wildman–Crippen MR) is 110 cm³/mol. The number of anilines is 1. The molecule has 0 unspecified atom stereocenters. The van der Waals surface area contributed by atoms with Crippen molar-refractivity contribution in [2.24, 2.45) is 5.92 Å². The van der Waals surface area contributed by atoms with Crippen LogP contribution in [0.1, 0.15) is 53.4 Å². The third kappa shape index (κ3) is 6.82. The Morgan fingerprint density at radius 1 is 1.19 bits per heavy atom. The van der Waals surface area contributed by atoms with Gasteiger partial charge >= 0.3 is 0 Å². The highest BCUT2D eigenvalue weighted by molar-refractivity contribution is 5.97. The zero-order valence-electron chi connectivity index (χ0n) is 17.4. The molecule has 1 N–H and O–H groups in total. The lowest BCUT2D eigenvalue weighted by Crippen LogP contribution is -2.42. The van der Waals surface area contributed by atoms with Crippen LogP contribution in [0.15, 0.2) is 24.3 Å². The molecule has 0 radical (unpaired) electrons. The number of hydrogen-bond acceptors (Lipinski definition) is 4. The molecule has 2 rings (SSSR count). The summed E-state index contributed by atoms with van der Waals surface area (Å²) < 4.78 is 11.6. The maximum atomic E-state index is 12.6. The second-order valence-corrected chi connectivity index (χ2v) is 7.78. The van der Waals surface area contributed by atoms with E-state index in [1.165, 1.54) is 25.9 Å². The molecule has 27 heavy (non-hydrogen) atoms. The first-order valence-electron chi connectivity index (χ1n) is 10.4. The van der Waals surface area contributed by atoms with Gasteiger partial charge in [-0.25, -0.2) is 0 Å². The summed E-state index contributed by atoms with van der Waals surface area (Å²) in [5.74, 6) is 1.58. The molecule has 1 saturated heterocycles. The van der Waals surface area contributed by atoms with Gasteiger partial charge in [0.1, 0.15) is 18.0 Å². The van der Waals surface area contributed by atoms with Gasteiger partial charge in [-0.3, -0.25) is 9.69 Å². The topological polar surface area (TPSA) is 50.8 Å². The first-order valence-corrected chi connectivity index (χ1v) is 10.4. The van der Waals surface area contributed by atoms with Crippen LogP contribution in [0.3, 0.4) is 0 Å². The van der Waals surface area contributed by atoms with Crippen molar-refractivity contribution < 1.29 is 14.3 Å². The van der Waals surface area contributed by atoms with E-state index in [0.717, 1.165) is 30.3 Å². The van der Waals surface area contributed by atoms with E-state index in [1.54, 1.807) is 0 Å². The number of likely N-dealkylation sites (tertiary alicyclic amines) is 1. The number of rotatable bonds is 10. The maximum absolute atomic E-state index is 12.6. The minimum atomic E-state index is -0.795. The molecule has 0 aliphatic carbocycles. The quantitative estimate of drug-likeness (QED) is 0.660. The van der Waals surface area contributed by atoms with Crippen molar-refractivity contribution in [2.75, 3.05) is 38.2 Å². The van der Waals surface area contributed by atoms with E-state index in [-0.39, 0.29) is 5.91 Å². The van der Waals surface area contributed by atoms with E-state index in [2.05, 4.69) is 17.1 Å². The number of benzene rings is 1. The maximum Gasteiger partial charge on any atom is 0.256 e. The molecule has 1 fully saturated rings. The molecule has 1 aliphatic rings. The van der Waals surface area contributed by atoms with Crippen LogP contribution in [0, 0.1) is 5.92 Å². The van der Waals surface area contributed by atoms with E-state index < -0.39 is 5.60 Å². The predicted octanol–water partition coefficient (Wildman–Crippen LogP) is 4.33. The minimum absolute atomic E-state index is 0.105. The SMILES string of the molecule is CCCO[C@@](C)(CC)C(=O)Nc1ccc(OCCN2CCC(C)CC2)cc1. The average Bonchev–Trinajstić information content (AvgIpc) is 2.69. The lowest BCUT2D eigenvalue weighted by Gasteiger charge is -2.29. The van der Waals surface area contributed by atoms with Crippen LogP contribution >= 0.6 is 0 Å². The number of hydrogen-bond donors (Lipinski definition) is 1. The summed E-state index contributed by atoms with van der Waals surface area (Å²) in [5.41, 5.74) is -0.0333. The third-order valence-corrected chi connectivity index (χ3v) is 5.44. The number of carbonyl (C=O) groups is 1. The molecule has 1 aromatic carbocycles. The molecule has 0 spiro atoms. The molecule has 1 atom stereocenters. The lowest BCUT2D eigenvalue weighted by molar-refractivity contribution is -0.139. The molecule has 152 valence electrons. The summed E-state index contributed by atoms with van der Waals surface area (Å²) in [6.07, 6.45) is 4.10. The number of nitrogens with one attached hydrogen (secondary N) is 1. The molecule has 5 nitrogen and oxygen atoms in total. The van der Waals surface area contributed by atoms with E-state index >= 15 is 0 Å². The van der Waals surface area contributed by atoms with Gasteiger partial charge in [0.15, 0.2) is 0 Å². The highest BCUT2D eigenvalue weighted by atomic mass is 16.5. The molecule has 0 saturated carbocycles. The van der Waals surface area contributed by atoms with Gasteiger partial charge in [0.2, 0.25) is 0 Å². The standard InChI is InChI=1S/C22H36N2O3/c1-5-16-27-22(4,6-2)21(25)23-19-7-9-20(10-8-19)26-17-15-24-13-11-18(3)12-14-24/h7-10,18H,5-6,11-17H2,1-4H3,(H,23,25)/t22-/m0/s1. The van der Waals surface area contributed by atoms with Crippen molar-refractivity contribution >= 4 is 11.6 Å². The fraction of sp³-hybridized carbons (Fsp3) is 0.682. The van der Waals surface area contributed by atoms with Crippen molar-refractivity contribution in [2.45, 2.75) is 59.0 Å². The van der Waals surface area contributed by atoms with E-state index in [9.17, 15) is 4.79 Å². The van der Waals surface area contributed by atoms with Gasteiger partial charge in [0, 0.05) is 18.8 Å². The van der Waals surface area contributed by atoms with Crippen molar-refractivity contribution in [1.29, 1.82) is 0 Å². The monoisotopic (exact) mass is 376 g/mol. The molecule has 1 amide bonds. The first kappa shape index (κ1) is 21.7. The third-order valence-electron chi connectivity index (χ3n) is 5.44. The Morgan fingerprint density at radius 3 is 2.44 bits per heavy atom. The summed E-state index contributed by atoms with van der Waals surface area (Å²) in [6.45, 7) is 12.8. The van der Waals surface area contributed by atoms with Gasteiger partial charge in [-0.1, -0.05) is 20.8 Å². The number of carbonyl (C=O) groups excluding carboxylic acids is 1. The van der Waals surface area contributed by atoms with Gasteiger partial charge in [-0.05, 0) is 75.9 Å². The highest BCUT2D eigenvalue weighted by Gasteiger charge is 2.32. The van der Waals surface area contributed by atoms with Crippen molar-refractivity contribution in [1.82, 2.24) is 4.90 Å². The summed E-state index contributed by atoms with van der Waals surface area (Å²) >= 11 is 0. The van der Waals surface area contributed by atoms with Crippen molar-refractivity contribution in [3.05, 3.63) is 24.3 Å². The van der Waals surface area contributed by atoms with Gasteiger partial charge < -0.3 is 14.8 Å². The Hall–Kier alpha value is -1.59. The molecule has 1 aliphatic heterocycles. The van der Waals surface area contributed by atoms with Crippen LogP contribution in [-0.4, -0.2) is 49.3 Å². The van der Waals surface area contributed by atoms with Gasteiger partial charge in [-0.15, -0.1) is 0 Å². The molecule has 0 aromatic heterocycles. The zero-order chi connectivity index (χ0) is 19.7. The molecular formula is C22H36N2O3. The highest BCUT2D eigenvalue weighted by Crippen LogP contribution is 2.21. The number of nitrogens with zero attached hydrogens (tertiary/aromatic N) is 1. The first-order chi connectivity index (χ1) is 13.0. The molecule has 5 heteroatoms. The Kier molecular flexibility index (Phi) is 8.58. The molecule has 0 bridgehead atoms. The Balaban J connectivity index is 1.78. The molecule has 1 heterocycles. The number of piperidine rings is 1. The van der Waals surface area contributed by atoms with Crippen molar-refractivity contribution in [3.63, 3.8) is 0 Å². The smallest absolute Gasteiger partial charge is 0.256 e. The summed E-state index contributed by atoms with van der Waals surface area (Å²) in [4.78, 5) is 15.0. The lowest BCUT2D eigenvalue weighted by atomic mass is 9.99. The van der Waals surface area contributed by atoms with Crippen LogP contribution < -0.4 is 10.1 Å². The fourth-order valence-corrected chi connectivity index (χ4v) is 3.13. The van der Waals surface area contributed by atoms with Crippen LogP contribution in [0.5, 0.6) is 5.75 Å². The van der Waals surface area contributed by atoms with Gasteiger partial charge in [0.05, 0.1) is 0 Å². The van der Waals surface area contributed by atoms with Crippen LogP contribution in [0.2, 0.25) is 0 Å². The van der Waals surface area contributed by atoms with Gasteiger partial charge in [0.25, 0.3) is 5.91 Å². The summed E-state index contributed by atoms with van der Waals surface area (Å²) in [5, 5.41) is 2.95. The summed E-state index contributed by atoms with van der Waals surface area (Å²) in [7, 11) is 0.